The van der Waals surface area contributed by atoms with Gasteiger partial charge in [0.15, 0.2) is 5.82 Å². The van der Waals surface area contributed by atoms with Crippen LogP contribution in [0.2, 0.25) is 0 Å². The molecule has 1 aromatic carbocycles. The van der Waals surface area contributed by atoms with E-state index in [1.165, 1.54) is 0 Å². The third-order valence-corrected chi connectivity index (χ3v) is 4.14. The molecule has 0 bridgehead atoms. The Hall–Kier alpha value is -2.57. The molecule has 0 saturated heterocycles. The first-order chi connectivity index (χ1) is 12.8. The van der Waals surface area contributed by atoms with Gasteiger partial charge in [-0.15, -0.1) is 0 Å². The maximum Gasteiger partial charge on any atom is 0.226 e. The molecule has 2 rings (SSSR count). The van der Waals surface area contributed by atoms with Crippen molar-refractivity contribution in [3.05, 3.63) is 35.5 Å². The van der Waals surface area contributed by atoms with Gasteiger partial charge >= 0.3 is 0 Å². The second-order valence-corrected chi connectivity index (χ2v) is 7.39. The van der Waals surface area contributed by atoms with Gasteiger partial charge in [-0.25, -0.2) is 0 Å². The summed E-state index contributed by atoms with van der Waals surface area (Å²) in [6.07, 6.45) is 2.35. The van der Waals surface area contributed by atoms with Crippen molar-refractivity contribution in [1.29, 1.82) is 0 Å². The molecule has 1 N–H and O–H groups in total. The largest absolute Gasteiger partial charge is 0.497 e. The van der Waals surface area contributed by atoms with Gasteiger partial charge in [-0.1, -0.05) is 25.9 Å². The summed E-state index contributed by atoms with van der Waals surface area (Å²) in [4.78, 5) is 16.4. The van der Waals surface area contributed by atoms with E-state index in [4.69, 9.17) is 14.0 Å². The van der Waals surface area contributed by atoms with E-state index in [2.05, 4.69) is 15.5 Å². The van der Waals surface area contributed by atoms with Crippen molar-refractivity contribution in [2.24, 2.45) is 0 Å². The molecule has 1 aromatic heterocycles. The molecule has 1 heterocycles. The highest BCUT2D eigenvalue weighted by atomic mass is 16.5. The second-order valence-electron chi connectivity index (χ2n) is 7.39. The lowest BCUT2D eigenvalue weighted by atomic mass is 9.96. The fraction of sp³-hybridized carbons (Fsp3) is 0.550. The highest BCUT2D eigenvalue weighted by Crippen LogP contribution is 2.24. The summed E-state index contributed by atoms with van der Waals surface area (Å²) in [7, 11) is 3.26. The summed E-state index contributed by atoms with van der Waals surface area (Å²) in [5.74, 6) is 2.83. The molecule has 0 radical (unpaired) electrons. The SMILES string of the molecule is COc1ccc(OC)c(CCNC(=O)CCCc2nc(C(C)(C)C)no2)c1. The average Bonchev–Trinajstić information content (AvgIpc) is 3.11. The minimum absolute atomic E-state index is 0.00687. The molecule has 7 heteroatoms. The molecule has 0 spiro atoms. The number of amides is 1. The zero-order chi connectivity index (χ0) is 19.9. The van der Waals surface area contributed by atoms with Crippen LogP contribution in [0.1, 0.15) is 50.9 Å². The molecule has 2 aromatic rings. The van der Waals surface area contributed by atoms with Crippen molar-refractivity contribution in [3.8, 4) is 11.5 Å². The number of methoxy groups -OCH3 is 2. The van der Waals surface area contributed by atoms with Gasteiger partial charge < -0.3 is 19.3 Å². The lowest BCUT2D eigenvalue weighted by Crippen LogP contribution is -2.25. The van der Waals surface area contributed by atoms with E-state index in [0.29, 0.717) is 43.9 Å². The van der Waals surface area contributed by atoms with Crippen molar-refractivity contribution in [2.75, 3.05) is 20.8 Å². The zero-order valence-corrected chi connectivity index (χ0v) is 16.8. The summed E-state index contributed by atoms with van der Waals surface area (Å²) in [6.45, 7) is 6.64. The zero-order valence-electron chi connectivity index (χ0n) is 16.8. The molecule has 0 aliphatic rings. The number of rotatable bonds is 9. The number of benzene rings is 1. The number of hydrogen-bond acceptors (Lipinski definition) is 6. The summed E-state index contributed by atoms with van der Waals surface area (Å²) in [5, 5.41) is 6.92. The molecular formula is C20H29N3O4. The fourth-order valence-electron chi connectivity index (χ4n) is 2.56. The van der Waals surface area contributed by atoms with Crippen LogP contribution in [0.4, 0.5) is 0 Å². The third kappa shape index (κ3) is 6.27. The molecule has 0 atom stereocenters. The fourth-order valence-corrected chi connectivity index (χ4v) is 2.56. The second kappa shape index (κ2) is 9.39. The minimum atomic E-state index is -0.139. The number of carbonyl (C=O) groups excluding carboxylic acids is 1. The van der Waals surface area contributed by atoms with E-state index in [0.717, 1.165) is 17.1 Å². The van der Waals surface area contributed by atoms with E-state index in [9.17, 15) is 4.79 Å². The smallest absolute Gasteiger partial charge is 0.226 e. The lowest BCUT2D eigenvalue weighted by Gasteiger charge is -2.11. The molecule has 0 aliphatic carbocycles. The van der Waals surface area contributed by atoms with Crippen molar-refractivity contribution in [1.82, 2.24) is 15.5 Å². The Bertz CT molecular complexity index is 750. The summed E-state index contributed by atoms with van der Waals surface area (Å²) < 4.78 is 15.8. The van der Waals surface area contributed by atoms with Crippen LogP contribution in [0.15, 0.2) is 22.7 Å². The van der Waals surface area contributed by atoms with Crippen LogP contribution in [0, 0.1) is 0 Å². The number of aryl methyl sites for hydroxylation is 1. The number of hydrogen-bond donors (Lipinski definition) is 1. The predicted octanol–water partition coefficient (Wildman–Crippen LogP) is 3.07. The number of nitrogens with one attached hydrogen (secondary N) is 1. The molecule has 148 valence electrons. The van der Waals surface area contributed by atoms with Crippen molar-refractivity contribution in [2.45, 2.75) is 51.9 Å². The van der Waals surface area contributed by atoms with Gasteiger partial charge in [-0.3, -0.25) is 4.79 Å². The summed E-state index contributed by atoms with van der Waals surface area (Å²) in [6, 6.07) is 5.64. The summed E-state index contributed by atoms with van der Waals surface area (Å²) >= 11 is 0. The van der Waals surface area contributed by atoms with Gasteiger partial charge in [0.05, 0.1) is 14.2 Å². The monoisotopic (exact) mass is 375 g/mol. The third-order valence-electron chi connectivity index (χ3n) is 4.14. The molecule has 7 nitrogen and oxygen atoms in total. The van der Waals surface area contributed by atoms with Crippen LogP contribution in [-0.2, 0) is 23.1 Å². The van der Waals surface area contributed by atoms with Crippen LogP contribution in [0.5, 0.6) is 11.5 Å². The van der Waals surface area contributed by atoms with Crippen LogP contribution in [-0.4, -0.2) is 36.8 Å². The first kappa shape index (κ1) is 20.7. The molecule has 1 amide bonds. The Kier molecular flexibility index (Phi) is 7.21. The molecular weight excluding hydrogens is 346 g/mol. The molecule has 0 unspecified atom stereocenters. The van der Waals surface area contributed by atoms with Crippen molar-refractivity contribution in [3.63, 3.8) is 0 Å². The number of carbonyl (C=O) groups is 1. The predicted molar refractivity (Wildman–Crippen MR) is 102 cm³/mol. The highest BCUT2D eigenvalue weighted by Gasteiger charge is 2.20. The first-order valence-corrected chi connectivity index (χ1v) is 9.14. The minimum Gasteiger partial charge on any atom is -0.497 e. The maximum absolute atomic E-state index is 12.0. The standard InChI is InChI=1S/C20H29N3O4/c1-20(2,3)19-22-18(27-23-19)8-6-7-17(24)21-12-11-14-13-15(25-4)9-10-16(14)26-5/h9-10,13H,6-8,11-12H2,1-5H3,(H,21,24). The Morgan fingerprint density at radius 2 is 1.96 bits per heavy atom. The average molecular weight is 375 g/mol. The number of ether oxygens (including phenoxy) is 2. The van der Waals surface area contributed by atoms with Crippen LogP contribution < -0.4 is 14.8 Å². The molecule has 0 saturated carbocycles. The van der Waals surface area contributed by atoms with Gasteiger partial charge in [0.1, 0.15) is 11.5 Å². The highest BCUT2D eigenvalue weighted by molar-refractivity contribution is 5.75. The molecule has 27 heavy (non-hydrogen) atoms. The summed E-state index contributed by atoms with van der Waals surface area (Å²) in [5.41, 5.74) is 0.859. The van der Waals surface area contributed by atoms with Crippen LogP contribution in [0.3, 0.4) is 0 Å². The normalized spacial score (nSPS) is 11.3. The van der Waals surface area contributed by atoms with E-state index < -0.39 is 0 Å². The van der Waals surface area contributed by atoms with Crippen molar-refractivity contribution >= 4 is 5.91 Å². The maximum atomic E-state index is 12.0. The van der Waals surface area contributed by atoms with E-state index in [1.54, 1.807) is 14.2 Å². The van der Waals surface area contributed by atoms with Gasteiger partial charge in [-0.05, 0) is 36.6 Å². The first-order valence-electron chi connectivity index (χ1n) is 9.14. The Morgan fingerprint density at radius 3 is 2.59 bits per heavy atom. The van der Waals surface area contributed by atoms with Crippen molar-refractivity contribution < 1.29 is 18.8 Å². The number of aromatic nitrogens is 2. The van der Waals surface area contributed by atoms with Gasteiger partial charge in [0.25, 0.3) is 0 Å². The van der Waals surface area contributed by atoms with E-state index in [1.807, 2.05) is 39.0 Å². The quantitative estimate of drug-likeness (QED) is 0.725. The van der Waals surface area contributed by atoms with Crippen LogP contribution >= 0.6 is 0 Å². The lowest BCUT2D eigenvalue weighted by molar-refractivity contribution is -0.121. The van der Waals surface area contributed by atoms with Gasteiger partial charge in [0, 0.05) is 24.8 Å². The molecule has 0 aliphatic heterocycles. The van der Waals surface area contributed by atoms with E-state index in [-0.39, 0.29) is 11.3 Å². The van der Waals surface area contributed by atoms with Gasteiger partial charge in [0.2, 0.25) is 11.8 Å². The van der Waals surface area contributed by atoms with Gasteiger partial charge in [-0.2, -0.15) is 4.98 Å². The van der Waals surface area contributed by atoms with Crippen LogP contribution in [0.25, 0.3) is 0 Å². The number of nitrogens with zero attached hydrogens (tertiary/aromatic N) is 2. The Morgan fingerprint density at radius 1 is 1.19 bits per heavy atom. The van der Waals surface area contributed by atoms with E-state index >= 15 is 0 Å². The topological polar surface area (TPSA) is 86.5 Å². The Balaban J connectivity index is 1.73. The Labute approximate surface area is 160 Å². The molecule has 0 fully saturated rings.